The predicted octanol–water partition coefficient (Wildman–Crippen LogP) is 2.85. The summed E-state index contributed by atoms with van der Waals surface area (Å²) in [6.07, 6.45) is 0.322. The molecule has 20 heavy (non-hydrogen) atoms. The predicted molar refractivity (Wildman–Crippen MR) is 70.6 cm³/mol. The van der Waals surface area contributed by atoms with Crippen LogP contribution < -0.4 is 10.6 Å². The molecule has 0 aliphatic rings. The Bertz CT molecular complexity index is 596. The highest BCUT2D eigenvalue weighted by Gasteiger charge is 2.09. The van der Waals surface area contributed by atoms with Gasteiger partial charge in [0.15, 0.2) is 11.6 Å². The maximum atomic E-state index is 13.4. The summed E-state index contributed by atoms with van der Waals surface area (Å²) in [6, 6.07) is 6.49. The topological polar surface area (TPSA) is 66.9 Å². The summed E-state index contributed by atoms with van der Waals surface area (Å²) in [5, 5.41) is 12.5. The van der Waals surface area contributed by atoms with Gasteiger partial charge in [-0.15, -0.1) is 10.2 Å². The van der Waals surface area contributed by atoms with Crippen LogP contribution in [0.15, 0.2) is 30.3 Å². The molecule has 2 rings (SSSR count). The Morgan fingerprint density at radius 2 is 1.70 bits per heavy atom. The molecule has 0 radical (unpaired) electrons. The van der Waals surface area contributed by atoms with E-state index in [0.717, 1.165) is 12.1 Å². The molecule has 0 aliphatic heterocycles. The minimum atomic E-state index is -0.727. The minimum Gasteiger partial charge on any atom is -0.334 e. The molecule has 2 aromatic rings. The van der Waals surface area contributed by atoms with E-state index >= 15 is 0 Å². The molecule has 0 spiro atoms. The van der Waals surface area contributed by atoms with E-state index < -0.39 is 11.6 Å². The molecule has 0 aliphatic carbocycles. The summed E-state index contributed by atoms with van der Waals surface area (Å²) < 4.78 is 26.9. The van der Waals surface area contributed by atoms with Crippen LogP contribution in [0.1, 0.15) is 13.3 Å². The van der Waals surface area contributed by atoms with Gasteiger partial charge in [0.2, 0.25) is 5.91 Å². The van der Waals surface area contributed by atoms with E-state index in [2.05, 4.69) is 20.8 Å². The largest absolute Gasteiger partial charge is 0.334 e. The van der Waals surface area contributed by atoms with Gasteiger partial charge in [0.05, 0.1) is 0 Å². The lowest BCUT2D eigenvalue weighted by Gasteiger charge is -2.08. The first-order valence-electron chi connectivity index (χ1n) is 5.94. The fourth-order valence-electron chi connectivity index (χ4n) is 1.44. The molecule has 1 aromatic carbocycles. The third-order valence-corrected chi connectivity index (χ3v) is 2.47. The van der Waals surface area contributed by atoms with Crippen LogP contribution in [-0.2, 0) is 4.79 Å². The number of halogens is 2. The maximum absolute atomic E-state index is 13.4. The number of carbonyl (C=O) groups excluding carboxylic acids is 1. The van der Waals surface area contributed by atoms with Gasteiger partial charge in [0, 0.05) is 6.42 Å². The Kier molecular flexibility index (Phi) is 4.19. The van der Waals surface area contributed by atoms with Crippen LogP contribution in [0.25, 0.3) is 0 Å². The summed E-state index contributed by atoms with van der Waals surface area (Å²) in [6.45, 7) is 1.71. The van der Waals surface area contributed by atoms with Gasteiger partial charge in [0.25, 0.3) is 0 Å². The molecular weight excluding hydrogens is 266 g/mol. The van der Waals surface area contributed by atoms with E-state index in [1.165, 1.54) is 18.2 Å². The molecule has 104 valence electrons. The number of anilines is 3. The molecule has 0 unspecified atom stereocenters. The quantitative estimate of drug-likeness (QED) is 0.902. The Balaban J connectivity index is 2.13. The fourth-order valence-corrected chi connectivity index (χ4v) is 1.44. The highest BCUT2D eigenvalue weighted by Crippen LogP contribution is 2.21. The van der Waals surface area contributed by atoms with Gasteiger partial charge in [-0.25, -0.2) is 8.78 Å². The van der Waals surface area contributed by atoms with Crippen LogP contribution in [0.3, 0.4) is 0 Å². The van der Waals surface area contributed by atoms with Gasteiger partial charge in [-0.3, -0.25) is 4.79 Å². The van der Waals surface area contributed by atoms with Crippen LogP contribution in [0, 0.1) is 11.6 Å². The summed E-state index contributed by atoms with van der Waals surface area (Å²) in [4.78, 5) is 11.2. The molecule has 1 aromatic heterocycles. The zero-order valence-electron chi connectivity index (χ0n) is 10.7. The number of nitrogens with one attached hydrogen (secondary N) is 2. The molecule has 1 heterocycles. The van der Waals surface area contributed by atoms with E-state index in [1.54, 1.807) is 6.92 Å². The maximum Gasteiger partial charge on any atom is 0.225 e. The summed E-state index contributed by atoms with van der Waals surface area (Å²) in [7, 11) is 0. The summed E-state index contributed by atoms with van der Waals surface area (Å²) in [5.41, 5.74) is -0.299. The fraction of sp³-hybridized carbons (Fsp3) is 0.154. The molecule has 0 saturated carbocycles. The van der Waals surface area contributed by atoms with Gasteiger partial charge in [-0.05, 0) is 24.3 Å². The van der Waals surface area contributed by atoms with Crippen molar-refractivity contribution in [2.45, 2.75) is 13.3 Å². The van der Waals surface area contributed by atoms with Crippen LogP contribution in [0.4, 0.5) is 26.1 Å². The molecule has 2 N–H and O–H groups in total. The number of benzene rings is 1. The van der Waals surface area contributed by atoms with Gasteiger partial charge in [-0.2, -0.15) is 0 Å². The first-order valence-corrected chi connectivity index (χ1v) is 5.94. The highest BCUT2D eigenvalue weighted by molar-refractivity contribution is 5.89. The number of rotatable bonds is 4. The Labute approximate surface area is 114 Å². The van der Waals surface area contributed by atoms with Crippen LogP contribution in [-0.4, -0.2) is 16.1 Å². The van der Waals surface area contributed by atoms with Crippen molar-refractivity contribution in [1.29, 1.82) is 0 Å². The lowest BCUT2D eigenvalue weighted by atomic mass is 10.3. The van der Waals surface area contributed by atoms with Crippen LogP contribution in [0.5, 0.6) is 0 Å². The van der Waals surface area contributed by atoms with Crippen molar-refractivity contribution < 1.29 is 13.6 Å². The van der Waals surface area contributed by atoms with Crippen molar-refractivity contribution in [2.75, 3.05) is 10.6 Å². The SMILES string of the molecule is CCC(=O)Nc1ccc(Nc2c(F)cccc2F)nn1. The second kappa shape index (κ2) is 6.05. The highest BCUT2D eigenvalue weighted by atomic mass is 19.1. The van der Waals surface area contributed by atoms with E-state index in [-0.39, 0.29) is 23.2 Å². The van der Waals surface area contributed by atoms with Crippen molar-refractivity contribution in [1.82, 2.24) is 10.2 Å². The third-order valence-electron chi connectivity index (χ3n) is 2.47. The third kappa shape index (κ3) is 3.25. The number of carbonyl (C=O) groups is 1. The van der Waals surface area contributed by atoms with Crippen LogP contribution >= 0.6 is 0 Å². The average Bonchev–Trinajstić information content (AvgIpc) is 2.44. The molecule has 0 bridgehead atoms. The van der Waals surface area contributed by atoms with E-state index in [9.17, 15) is 13.6 Å². The van der Waals surface area contributed by atoms with Crippen molar-refractivity contribution in [3.63, 3.8) is 0 Å². The van der Waals surface area contributed by atoms with Crippen molar-refractivity contribution in [3.05, 3.63) is 42.0 Å². The van der Waals surface area contributed by atoms with E-state index in [1.807, 2.05) is 0 Å². The Hall–Kier alpha value is -2.57. The van der Waals surface area contributed by atoms with Gasteiger partial charge >= 0.3 is 0 Å². The molecule has 0 fully saturated rings. The second-order valence-electron chi connectivity index (χ2n) is 3.93. The number of nitrogens with zero attached hydrogens (tertiary/aromatic N) is 2. The molecule has 0 saturated heterocycles. The number of aromatic nitrogens is 2. The monoisotopic (exact) mass is 278 g/mol. The molecule has 5 nitrogen and oxygen atoms in total. The summed E-state index contributed by atoms with van der Waals surface area (Å²) in [5.74, 6) is -1.20. The van der Waals surface area contributed by atoms with E-state index in [4.69, 9.17) is 0 Å². The average molecular weight is 278 g/mol. The van der Waals surface area contributed by atoms with Crippen molar-refractivity contribution in [2.24, 2.45) is 0 Å². The summed E-state index contributed by atoms with van der Waals surface area (Å²) >= 11 is 0. The zero-order valence-corrected chi connectivity index (χ0v) is 10.7. The lowest BCUT2D eigenvalue weighted by Crippen LogP contribution is -2.11. The number of hydrogen-bond acceptors (Lipinski definition) is 4. The molecular formula is C13H12F2N4O. The number of amides is 1. The normalized spacial score (nSPS) is 10.2. The number of para-hydroxylation sites is 1. The van der Waals surface area contributed by atoms with Crippen molar-refractivity contribution >= 4 is 23.2 Å². The molecule has 0 atom stereocenters. The zero-order chi connectivity index (χ0) is 14.5. The molecule has 7 heteroatoms. The van der Waals surface area contributed by atoms with Crippen molar-refractivity contribution in [3.8, 4) is 0 Å². The Morgan fingerprint density at radius 1 is 1.10 bits per heavy atom. The first kappa shape index (κ1) is 13.9. The molecule has 1 amide bonds. The second-order valence-corrected chi connectivity index (χ2v) is 3.93. The standard InChI is InChI=1S/C13H12F2N4O/c1-2-12(20)16-10-6-7-11(19-18-10)17-13-8(14)4-3-5-9(13)15/h3-7H,2H2,1H3,(H,17,19)(H,16,18,20). The Morgan fingerprint density at radius 3 is 2.25 bits per heavy atom. The minimum absolute atomic E-state index is 0.170. The van der Waals surface area contributed by atoms with Crippen LogP contribution in [0.2, 0.25) is 0 Å². The number of hydrogen-bond donors (Lipinski definition) is 2. The van der Waals surface area contributed by atoms with Gasteiger partial charge < -0.3 is 10.6 Å². The van der Waals surface area contributed by atoms with Gasteiger partial charge in [0.1, 0.15) is 17.3 Å². The first-order chi connectivity index (χ1) is 9.60. The lowest BCUT2D eigenvalue weighted by molar-refractivity contribution is -0.115. The smallest absolute Gasteiger partial charge is 0.225 e. The van der Waals surface area contributed by atoms with E-state index in [0.29, 0.717) is 6.42 Å². The van der Waals surface area contributed by atoms with Gasteiger partial charge in [-0.1, -0.05) is 13.0 Å².